The number of methoxy groups -OCH3 is 1. The Bertz CT molecular complexity index is 860. The number of benzene rings is 1. The molecule has 7 nitrogen and oxygen atoms in total. The summed E-state index contributed by atoms with van der Waals surface area (Å²) in [6.07, 6.45) is 5.63. The van der Waals surface area contributed by atoms with Gasteiger partial charge in [-0.25, -0.2) is 9.97 Å². The van der Waals surface area contributed by atoms with Gasteiger partial charge in [0.2, 0.25) is 11.8 Å². The van der Waals surface area contributed by atoms with Gasteiger partial charge in [0.05, 0.1) is 7.11 Å². The molecule has 0 saturated carbocycles. The van der Waals surface area contributed by atoms with Gasteiger partial charge in [0, 0.05) is 37.7 Å². The fourth-order valence-electron chi connectivity index (χ4n) is 4.05. The van der Waals surface area contributed by atoms with Crippen molar-refractivity contribution >= 4 is 11.7 Å². The van der Waals surface area contributed by atoms with E-state index in [1.807, 2.05) is 35.2 Å². The maximum atomic E-state index is 13.1. The predicted octanol–water partition coefficient (Wildman–Crippen LogP) is 4.53. The van der Waals surface area contributed by atoms with E-state index in [2.05, 4.69) is 35.6 Å². The van der Waals surface area contributed by atoms with Crippen molar-refractivity contribution < 1.29 is 14.3 Å². The highest BCUT2D eigenvalue weighted by atomic mass is 16.5. The lowest BCUT2D eigenvalue weighted by molar-refractivity contribution is -0.138. The highest BCUT2D eigenvalue weighted by Crippen LogP contribution is 2.31. The van der Waals surface area contributed by atoms with Crippen molar-refractivity contribution in [2.24, 2.45) is 5.92 Å². The number of piperazine rings is 1. The molecule has 168 valence electrons. The SMILES string of the molecule is CCCC[C@H](CC)C(=O)N1CCN(c2cc(Oc3ccccc3OC)ncn2)C[C@@H]1C. The van der Waals surface area contributed by atoms with Crippen LogP contribution in [-0.2, 0) is 4.79 Å². The molecule has 3 rings (SSSR count). The normalized spacial score (nSPS) is 17.4. The summed E-state index contributed by atoms with van der Waals surface area (Å²) in [4.78, 5) is 26.0. The molecule has 0 N–H and O–H groups in total. The largest absolute Gasteiger partial charge is 0.493 e. The number of hydrogen-bond donors (Lipinski definition) is 0. The van der Waals surface area contributed by atoms with E-state index in [4.69, 9.17) is 9.47 Å². The van der Waals surface area contributed by atoms with Crippen LogP contribution < -0.4 is 14.4 Å². The summed E-state index contributed by atoms with van der Waals surface area (Å²) < 4.78 is 11.3. The highest BCUT2D eigenvalue weighted by Gasteiger charge is 2.31. The fraction of sp³-hybridized carbons (Fsp3) is 0.542. The van der Waals surface area contributed by atoms with Gasteiger partial charge in [0.1, 0.15) is 12.1 Å². The van der Waals surface area contributed by atoms with Gasteiger partial charge in [-0.05, 0) is 31.9 Å². The number of carbonyl (C=O) groups is 1. The Morgan fingerprint density at radius 1 is 1.19 bits per heavy atom. The van der Waals surface area contributed by atoms with Crippen LogP contribution in [0, 0.1) is 5.92 Å². The number of hydrogen-bond acceptors (Lipinski definition) is 6. The minimum Gasteiger partial charge on any atom is -0.493 e. The van der Waals surface area contributed by atoms with Gasteiger partial charge in [0.25, 0.3) is 0 Å². The molecule has 2 heterocycles. The predicted molar refractivity (Wildman–Crippen MR) is 122 cm³/mol. The lowest BCUT2D eigenvalue weighted by atomic mass is 9.96. The lowest BCUT2D eigenvalue weighted by Gasteiger charge is -2.41. The number of carbonyl (C=O) groups excluding carboxylic acids is 1. The second kappa shape index (κ2) is 11.0. The molecule has 1 aromatic carbocycles. The van der Waals surface area contributed by atoms with Crippen molar-refractivity contribution in [2.75, 3.05) is 31.6 Å². The van der Waals surface area contributed by atoms with Crippen molar-refractivity contribution in [1.29, 1.82) is 0 Å². The molecule has 7 heteroatoms. The first-order valence-corrected chi connectivity index (χ1v) is 11.3. The molecule has 0 radical (unpaired) electrons. The molecule has 0 aliphatic carbocycles. The zero-order chi connectivity index (χ0) is 22.2. The number of amides is 1. The summed E-state index contributed by atoms with van der Waals surface area (Å²) in [6.45, 7) is 8.58. The maximum absolute atomic E-state index is 13.1. The van der Waals surface area contributed by atoms with E-state index in [0.717, 1.165) is 44.6 Å². The number of anilines is 1. The number of aromatic nitrogens is 2. The number of ether oxygens (including phenoxy) is 2. The molecule has 31 heavy (non-hydrogen) atoms. The summed E-state index contributed by atoms with van der Waals surface area (Å²) in [5, 5.41) is 0. The Morgan fingerprint density at radius 2 is 1.97 bits per heavy atom. The molecule has 0 unspecified atom stereocenters. The minimum absolute atomic E-state index is 0.130. The van der Waals surface area contributed by atoms with Crippen molar-refractivity contribution in [3.8, 4) is 17.4 Å². The Hall–Kier alpha value is -2.83. The van der Waals surface area contributed by atoms with Crippen molar-refractivity contribution in [3.63, 3.8) is 0 Å². The zero-order valence-electron chi connectivity index (χ0n) is 19.1. The average molecular weight is 427 g/mol. The highest BCUT2D eigenvalue weighted by molar-refractivity contribution is 5.79. The van der Waals surface area contributed by atoms with Gasteiger partial charge in [0.15, 0.2) is 11.5 Å². The van der Waals surface area contributed by atoms with E-state index in [1.54, 1.807) is 7.11 Å². The molecule has 0 spiro atoms. The molecule has 2 atom stereocenters. The first-order chi connectivity index (χ1) is 15.1. The fourth-order valence-corrected chi connectivity index (χ4v) is 4.05. The topological polar surface area (TPSA) is 67.8 Å². The Labute approximate surface area is 185 Å². The number of rotatable bonds is 9. The van der Waals surface area contributed by atoms with Gasteiger partial charge >= 0.3 is 0 Å². The van der Waals surface area contributed by atoms with E-state index >= 15 is 0 Å². The van der Waals surface area contributed by atoms with E-state index in [-0.39, 0.29) is 12.0 Å². The van der Waals surface area contributed by atoms with Crippen LogP contribution in [0.5, 0.6) is 17.4 Å². The van der Waals surface area contributed by atoms with E-state index in [1.165, 1.54) is 6.33 Å². The summed E-state index contributed by atoms with van der Waals surface area (Å²) in [6, 6.07) is 9.44. The Morgan fingerprint density at radius 3 is 2.65 bits per heavy atom. The quantitative estimate of drug-likeness (QED) is 0.587. The van der Waals surface area contributed by atoms with E-state index in [9.17, 15) is 4.79 Å². The third-order valence-corrected chi connectivity index (χ3v) is 5.89. The Kier molecular flexibility index (Phi) is 8.09. The molecule has 1 aliphatic rings. The first-order valence-electron chi connectivity index (χ1n) is 11.3. The molecule has 1 fully saturated rings. The van der Waals surface area contributed by atoms with Crippen LogP contribution in [-0.4, -0.2) is 53.6 Å². The van der Waals surface area contributed by atoms with Crippen LogP contribution >= 0.6 is 0 Å². The molecule has 1 aliphatic heterocycles. The smallest absolute Gasteiger partial charge is 0.226 e. The van der Waals surface area contributed by atoms with Crippen LogP contribution in [0.25, 0.3) is 0 Å². The molecule has 2 aromatic rings. The lowest BCUT2D eigenvalue weighted by Crippen LogP contribution is -2.55. The van der Waals surface area contributed by atoms with Crippen LogP contribution in [0.2, 0.25) is 0 Å². The molecule has 1 aromatic heterocycles. The van der Waals surface area contributed by atoms with E-state index < -0.39 is 0 Å². The summed E-state index contributed by atoms with van der Waals surface area (Å²) in [5.41, 5.74) is 0. The number of unbranched alkanes of at least 4 members (excludes halogenated alkanes) is 1. The van der Waals surface area contributed by atoms with Crippen molar-refractivity contribution in [3.05, 3.63) is 36.7 Å². The van der Waals surface area contributed by atoms with Crippen LogP contribution in [0.15, 0.2) is 36.7 Å². The second-order valence-corrected chi connectivity index (χ2v) is 8.04. The van der Waals surface area contributed by atoms with Crippen molar-refractivity contribution in [2.45, 2.75) is 52.5 Å². The minimum atomic E-state index is 0.130. The first kappa shape index (κ1) is 22.8. The number of para-hydroxylation sites is 2. The van der Waals surface area contributed by atoms with Crippen molar-refractivity contribution in [1.82, 2.24) is 14.9 Å². The number of nitrogens with zero attached hydrogens (tertiary/aromatic N) is 4. The van der Waals surface area contributed by atoms with Gasteiger partial charge in [-0.15, -0.1) is 0 Å². The van der Waals surface area contributed by atoms with Crippen LogP contribution in [0.1, 0.15) is 46.5 Å². The maximum Gasteiger partial charge on any atom is 0.226 e. The van der Waals surface area contributed by atoms with Gasteiger partial charge in [-0.2, -0.15) is 0 Å². The molecule has 0 bridgehead atoms. The van der Waals surface area contributed by atoms with Gasteiger partial charge < -0.3 is 19.3 Å². The second-order valence-electron chi connectivity index (χ2n) is 8.04. The summed E-state index contributed by atoms with van der Waals surface area (Å²) in [5.74, 6) is 2.95. The molecular formula is C24H34N4O3. The van der Waals surface area contributed by atoms with Crippen LogP contribution in [0.4, 0.5) is 5.82 Å². The monoisotopic (exact) mass is 426 g/mol. The Balaban J connectivity index is 1.66. The average Bonchev–Trinajstić information content (AvgIpc) is 2.80. The molecule has 1 saturated heterocycles. The van der Waals surface area contributed by atoms with Gasteiger partial charge in [-0.1, -0.05) is 38.8 Å². The van der Waals surface area contributed by atoms with E-state index in [0.29, 0.717) is 29.8 Å². The standard InChI is InChI=1S/C24H34N4O3/c1-5-7-10-19(6-2)24(29)28-14-13-27(16-18(28)3)22-15-23(26-17-25-22)31-21-12-9-8-11-20(21)30-4/h8-9,11-12,15,17-19H,5-7,10,13-14,16H2,1-4H3/t18-,19-/m0/s1. The van der Waals surface area contributed by atoms with Crippen LogP contribution in [0.3, 0.4) is 0 Å². The third kappa shape index (κ3) is 5.66. The zero-order valence-corrected chi connectivity index (χ0v) is 19.1. The summed E-state index contributed by atoms with van der Waals surface area (Å²) in [7, 11) is 1.61. The third-order valence-electron chi connectivity index (χ3n) is 5.89. The van der Waals surface area contributed by atoms with Gasteiger partial charge in [-0.3, -0.25) is 4.79 Å². The summed E-state index contributed by atoms with van der Waals surface area (Å²) >= 11 is 0. The molecular weight excluding hydrogens is 392 g/mol. The molecule has 1 amide bonds.